The maximum atomic E-state index is 12.6. The van der Waals surface area contributed by atoms with Gasteiger partial charge >= 0.3 is 0 Å². The Bertz CT molecular complexity index is 500. The van der Waals surface area contributed by atoms with Gasteiger partial charge in [-0.15, -0.1) is 0 Å². The Morgan fingerprint density at radius 2 is 1.90 bits per heavy atom. The number of epoxide rings is 1. The Labute approximate surface area is 128 Å². The molecule has 0 unspecified atom stereocenters. The van der Waals surface area contributed by atoms with Crippen LogP contribution in [0.5, 0.6) is 0 Å². The highest BCUT2D eigenvalue weighted by Gasteiger charge is 2.72. The van der Waals surface area contributed by atoms with Crippen molar-refractivity contribution in [2.45, 2.75) is 77.4 Å². The van der Waals surface area contributed by atoms with E-state index in [-0.39, 0.29) is 11.5 Å². The quantitative estimate of drug-likeness (QED) is 0.631. The topological polar surface area (TPSA) is 29.6 Å². The zero-order valence-electron chi connectivity index (χ0n) is 13.4. The number of hydrogen-bond acceptors (Lipinski definition) is 2. The second kappa shape index (κ2) is 3.93. The average molecular weight is 288 g/mol. The second-order valence-corrected chi connectivity index (χ2v) is 9.16. The summed E-state index contributed by atoms with van der Waals surface area (Å²) in [4.78, 5) is 12.6. The molecule has 1 aliphatic heterocycles. The van der Waals surface area contributed by atoms with E-state index in [1.54, 1.807) is 0 Å². The Morgan fingerprint density at radius 1 is 1.05 bits per heavy atom. The number of rotatable bonds is 0. The van der Waals surface area contributed by atoms with Crippen molar-refractivity contribution in [2.75, 3.05) is 0 Å². The molecule has 21 heavy (non-hydrogen) atoms. The molecule has 1 heterocycles. The number of fused-ring (bicyclic) bond motifs is 7. The molecule has 5 fully saturated rings. The molecule has 0 radical (unpaired) electrons. The third-order valence-electron chi connectivity index (χ3n) is 8.54. The van der Waals surface area contributed by atoms with Gasteiger partial charge in [-0.05, 0) is 61.7 Å². The monoisotopic (exact) mass is 288 g/mol. The minimum absolute atomic E-state index is 0.00404. The van der Waals surface area contributed by atoms with Crippen molar-refractivity contribution in [1.29, 1.82) is 0 Å². The van der Waals surface area contributed by atoms with E-state index < -0.39 is 0 Å². The van der Waals surface area contributed by atoms with E-state index in [9.17, 15) is 4.79 Å². The van der Waals surface area contributed by atoms with Gasteiger partial charge in [-0.3, -0.25) is 4.79 Å². The number of carbonyl (C=O) groups excluding carboxylic acids is 1. The summed E-state index contributed by atoms with van der Waals surface area (Å²) in [6.07, 6.45) is 11.3. The third kappa shape index (κ3) is 1.46. The van der Waals surface area contributed by atoms with Gasteiger partial charge in [0.05, 0.1) is 6.10 Å². The van der Waals surface area contributed by atoms with Gasteiger partial charge in [-0.1, -0.05) is 26.7 Å². The second-order valence-electron chi connectivity index (χ2n) is 9.16. The van der Waals surface area contributed by atoms with E-state index in [1.807, 2.05) is 0 Å². The van der Waals surface area contributed by atoms with Crippen molar-refractivity contribution in [3.8, 4) is 0 Å². The van der Waals surface area contributed by atoms with Crippen LogP contribution in [0.15, 0.2) is 0 Å². The molecule has 5 aliphatic rings. The minimum atomic E-state index is -0.0351. The molecule has 2 heteroatoms. The van der Waals surface area contributed by atoms with Crippen LogP contribution >= 0.6 is 0 Å². The van der Waals surface area contributed by atoms with Crippen LogP contribution in [0.3, 0.4) is 0 Å². The molecule has 0 bridgehead atoms. The van der Waals surface area contributed by atoms with Crippen LogP contribution in [0, 0.1) is 34.5 Å². The van der Waals surface area contributed by atoms with Crippen molar-refractivity contribution in [3.05, 3.63) is 0 Å². The molecular weight excluding hydrogens is 260 g/mol. The number of carbonyl (C=O) groups is 1. The minimum Gasteiger partial charge on any atom is -0.361 e. The molecule has 0 aromatic heterocycles. The van der Waals surface area contributed by atoms with Gasteiger partial charge in [-0.25, -0.2) is 0 Å². The first-order valence-electron chi connectivity index (χ1n) is 9.25. The summed E-state index contributed by atoms with van der Waals surface area (Å²) < 4.78 is 5.77. The molecule has 0 amide bonds. The molecule has 4 saturated carbocycles. The zero-order valence-corrected chi connectivity index (χ0v) is 13.4. The number of ether oxygens (including phenoxy) is 1. The Hall–Kier alpha value is -0.370. The molecule has 8 atom stereocenters. The van der Waals surface area contributed by atoms with Crippen molar-refractivity contribution in [3.63, 3.8) is 0 Å². The van der Waals surface area contributed by atoms with Crippen LogP contribution in [-0.2, 0) is 9.53 Å². The summed E-state index contributed by atoms with van der Waals surface area (Å²) in [5.41, 5.74) is 0.533. The normalized spacial score (nSPS) is 61.5. The largest absolute Gasteiger partial charge is 0.361 e. The van der Waals surface area contributed by atoms with Gasteiger partial charge in [0.2, 0.25) is 0 Å². The maximum Gasteiger partial charge on any atom is 0.170 e. The number of ketones is 1. The van der Waals surface area contributed by atoms with E-state index in [0.717, 1.165) is 24.2 Å². The molecule has 116 valence electrons. The standard InChI is InChI=1S/C19H28O2/c1-18-9-4-3-5-11(18)6-7-12-13(18)8-10-19(2)14(12)15-16(21-15)17(19)20/h11-16H,3-10H2,1-2H3/t11-,12-,13+,14+,15-,16-,18+,19-/m1/s1. The number of hydrogen-bond donors (Lipinski definition) is 0. The zero-order chi connectivity index (χ0) is 14.4. The first-order valence-corrected chi connectivity index (χ1v) is 9.25. The molecule has 5 rings (SSSR count). The summed E-state index contributed by atoms with van der Waals surface area (Å²) in [6.45, 7) is 4.86. The fraction of sp³-hybridized carbons (Fsp3) is 0.947. The highest BCUT2D eigenvalue weighted by molar-refractivity contribution is 5.94. The van der Waals surface area contributed by atoms with Crippen molar-refractivity contribution >= 4 is 5.78 Å². The van der Waals surface area contributed by atoms with Gasteiger partial charge in [-0.2, -0.15) is 0 Å². The fourth-order valence-corrected chi connectivity index (χ4v) is 7.37. The van der Waals surface area contributed by atoms with Gasteiger partial charge in [0.1, 0.15) is 6.10 Å². The van der Waals surface area contributed by atoms with Crippen LogP contribution in [0.4, 0.5) is 0 Å². The van der Waals surface area contributed by atoms with E-state index in [4.69, 9.17) is 4.74 Å². The average Bonchev–Trinajstić information content (AvgIpc) is 3.21. The van der Waals surface area contributed by atoms with Crippen molar-refractivity contribution in [2.24, 2.45) is 34.5 Å². The van der Waals surface area contributed by atoms with Crippen molar-refractivity contribution < 1.29 is 9.53 Å². The lowest BCUT2D eigenvalue weighted by atomic mass is 9.45. The first kappa shape index (κ1) is 13.1. The smallest absolute Gasteiger partial charge is 0.170 e. The van der Waals surface area contributed by atoms with Crippen LogP contribution < -0.4 is 0 Å². The molecule has 0 N–H and O–H groups in total. The summed E-state index contributed by atoms with van der Waals surface area (Å²) >= 11 is 0. The Balaban J connectivity index is 1.52. The van der Waals surface area contributed by atoms with E-state index in [0.29, 0.717) is 23.2 Å². The van der Waals surface area contributed by atoms with Crippen LogP contribution in [0.1, 0.15) is 65.2 Å². The first-order chi connectivity index (χ1) is 10.1. The predicted molar refractivity (Wildman–Crippen MR) is 80.8 cm³/mol. The van der Waals surface area contributed by atoms with Crippen LogP contribution in [-0.4, -0.2) is 18.0 Å². The molecule has 2 nitrogen and oxygen atoms in total. The molecule has 4 aliphatic carbocycles. The highest BCUT2D eigenvalue weighted by Crippen LogP contribution is 2.68. The van der Waals surface area contributed by atoms with Gasteiger partial charge in [0.25, 0.3) is 0 Å². The molecular formula is C19H28O2. The van der Waals surface area contributed by atoms with Crippen LogP contribution in [0.25, 0.3) is 0 Å². The van der Waals surface area contributed by atoms with Crippen molar-refractivity contribution in [1.82, 2.24) is 0 Å². The molecule has 0 spiro atoms. The highest BCUT2D eigenvalue weighted by atomic mass is 16.6. The molecule has 1 saturated heterocycles. The van der Waals surface area contributed by atoms with Gasteiger partial charge in [0, 0.05) is 11.3 Å². The third-order valence-corrected chi connectivity index (χ3v) is 8.54. The number of Topliss-reactive ketones (excluding diaryl/α,β-unsaturated/α-hetero) is 1. The van der Waals surface area contributed by atoms with Crippen LogP contribution in [0.2, 0.25) is 0 Å². The lowest BCUT2D eigenvalue weighted by Crippen LogP contribution is -2.54. The summed E-state index contributed by atoms with van der Waals surface area (Å²) in [7, 11) is 0. The Kier molecular flexibility index (Phi) is 2.45. The maximum absolute atomic E-state index is 12.6. The van der Waals surface area contributed by atoms with E-state index in [1.165, 1.54) is 44.9 Å². The van der Waals surface area contributed by atoms with Gasteiger partial charge in [0.15, 0.2) is 5.78 Å². The molecule has 0 aromatic carbocycles. The lowest BCUT2D eigenvalue weighted by molar-refractivity contribution is -0.149. The predicted octanol–water partition coefficient (Wildman–Crippen LogP) is 3.98. The molecule has 0 aromatic rings. The van der Waals surface area contributed by atoms with E-state index in [2.05, 4.69) is 13.8 Å². The fourth-order valence-electron chi connectivity index (χ4n) is 7.37. The Morgan fingerprint density at radius 3 is 2.76 bits per heavy atom. The summed E-state index contributed by atoms with van der Waals surface area (Å²) in [5.74, 6) is 3.60. The van der Waals surface area contributed by atoms with E-state index >= 15 is 0 Å². The lowest BCUT2D eigenvalue weighted by Gasteiger charge is -2.59. The van der Waals surface area contributed by atoms with Gasteiger partial charge < -0.3 is 4.74 Å². The SMILES string of the molecule is C[C@]12CCCC[C@@H]1CC[C@H]1[C@H]3[C@H]4O[C@H]4C(=O)[C@]3(C)CC[C@@H]12. The summed E-state index contributed by atoms with van der Waals surface area (Å²) in [5, 5.41) is 0. The summed E-state index contributed by atoms with van der Waals surface area (Å²) in [6, 6.07) is 0.